The minimum atomic E-state index is -0.494. The van der Waals surface area contributed by atoms with Crippen LogP contribution < -0.4 is 5.73 Å². The van der Waals surface area contributed by atoms with Gasteiger partial charge in [-0.15, -0.1) is 0 Å². The van der Waals surface area contributed by atoms with Crippen LogP contribution in [0.4, 0.5) is 10.1 Å². The van der Waals surface area contributed by atoms with E-state index in [1.807, 2.05) is 0 Å². The summed E-state index contributed by atoms with van der Waals surface area (Å²) in [5.74, 6) is 0.328. The van der Waals surface area contributed by atoms with Crippen LogP contribution in [-0.2, 0) is 10.3 Å². The Balaban J connectivity index is 1.93. The number of rotatable bonds is 3. The fourth-order valence-corrected chi connectivity index (χ4v) is 2.83. The highest BCUT2D eigenvalue weighted by molar-refractivity contribution is 5.57. The zero-order valence-electron chi connectivity index (χ0n) is 11.9. The second-order valence-corrected chi connectivity index (χ2v) is 5.42. The van der Waals surface area contributed by atoms with Crippen LogP contribution in [0.15, 0.2) is 22.7 Å². The molecule has 2 N–H and O–H groups in total. The Morgan fingerprint density at radius 2 is 2.05 bits per heavy atom. The topological polar surface area (TPSA) is 74.2 Å². The lowest BCUT2D eigenvalue weighted by Crippen LogP contribution is -2.32. The average Bonchev–Trinajstić information content (AvgIpc) is 3.01. The zero-order chi connectivity index (χ0) is 14.9. The van der Waals surface area contributed by atoms with Crippen LogP contribution in [0.1, 0.15) is 37.9 Å². The van der Waals surface area contributed by atoms with Crippen LogP contribution in [0.2, 0.25) is 0 Å². The first kappa shape index (κ1) is 14.0. The monoisotopic (exact) mass is 291 g/mol. The van der Waals surface area contributed by atoms with Gasteiger partial charge in [0.2, 0.25) is 5.82 Å². The normalized spacial score (nSPS) is 17.8. The summed E-state index contributed by atoms with van der Waals surface area (Å²) in [5, 5.41) is 4.05. The second-order valence-electron chi connectivity index (χ2n) is 5.42. The number of hydrogen-bond donors (Lipinski definition) is 1. The van der Waals surface area contributed by atoms with E-state index in [-0.39, 0.29) is 11.6 Å². The predicted molar refractivity (Wildman–Crippen MR) is 75.9 cm³/mol. The van der Waals surface area contributed by atoms with E-state index in [0.29, 0.717) is 11.4 Å². The molecule has 0 spiro atoms. The lowest BCUT2D eigenvalue weighted by atomic mass is 9.84. The first-order valence-electron chi connectivity index (χ1n) is 7.09. The van der Waals surface area contributed by atoms with Crippen LogP contribution in [0.5, 0.6) is 0 Å². The van der Waals surface area contributed by atoms with Gasteiger partial charge in [0.25, 0.3) is 5.89 Å². The summed E-state index contributed by atoms with van der Waals surface area (Å²) < 4.78 is 24.5. The Morgan fingerprint density at radius 3 is 2.71 bits per heavy atom. The third-order valence-electron chi connectivity index (χ3n) is 4.13. The maximum atomic E-state index is 13.5. The van der Waals surface area contributed by atoms with E-state index < -0.39 is 11.4 Å². The lowest BCUT2D eigenvalue weighted by molar-refractivity contribution is -0.0527. The highest BCUT2D eigenvalue weighted by Gasteiger charge is 2.38. The number of nitrogens with two attached hydrogens (primary N) is 1. The number of hydrogen-bond acceptors (Lipinski definition) is 5. The van der Waals surface area contributed by atoms with Crippen LogP contribution >= 0.6 is 0 Å². The quantitative estimate of drug-likeness (QED) is 0.878. The van der Waals surface area contributed by atoms with E-state index in [9.17, 15) is 4.39 Å². The second kappa shape index (κ2) is 5.44. The molecular weight excluding hydrogens is 273 g/mol. The predicted octanol–water partition coefficient (Wildman–Crippen LogP) is 3.26. The van der Waals surface area contributed by atoms with Gasteiger partial charge in [-0.25, -0.2) is 4.39 Å². The Labute approximate surface area is 122 Å². The van der Waals surface area contributed by atoms with Gasteiger partial charge < -0.3 is 15.0 Å². The zero-order valence-corrected chi connectivity index (χ0v) is 11.9. The van der Waals surface area contributed by atoms with E-state index >= 15 is 0 Å². The highest BCUT2D eigenvalue weighted by Crippen LogP contribution is 2.39. The number of halogens is 1. The van der Waals surface area contributed by atoms with Crippen molar-refractivity contribution in [2.75, 3.05) is 12.8 Å². The average molecular weight is 291 g/mol. The number of aromatic nitrogens is 2. The molecule has 0 unspecified atom stereocenters. The van der Waals surface area contributed by atoms with Gasteiger partial charge in [0, 0.05) is 12.7 Å². The van der Waals surface area contributed by atoms with Gasteiger partial charge in [-0.2, -0.15) is 4.98 Å². The molecular formula is C15H18FN3O2. The smallest absolute Gasteiger partial charge is 0.258 e. The van der Waals surface area contributed by atoms with Gasteiger partial charge in [0.15, 0.2) is 0 Å². The van der Waals surface area contributed by atoms with Gasteiger partial charge in [0.05, 0.1) is 5.69 Å². The summed E-state index contributed by atoms with van der Waals surface area (Å²) in [6, 6.07) is 4.45. The molecule has 1 aromatic heterocycles. The number of nitrogens with zero attached hydrogens (tertiary/aromatic N) is 2. The first-order chi connectivity index (χ1) is 10.1. The number of benzene rings is 1. The van der Waals surface area contributed by atoms with Crippen molar-refractivity contribution < 1.29 is 13.7 Å². The van der Waals surface area contributed by atoms with E-state index in [4.69, 9.17) is 15.0 Å². The van der Waals surface area contributed by atoms with Crippen LogP contribution in [-0.4, -0.2) is 17.3 Å². The molecule has 5 nitrogen and oxygen atoms in total. The number of methoxy groups -OCH3 is 1. The van der Waals surface area contributed by atoms with E-state index in [1.165, 1.54) is 18.6 Å². The van der Waals surface area contributed by atoms with Crippen molar-refractivity contribution in [3.05, 3.63) is 29.8 Å². The molecule has 6 heteroatoms. The molecule has 1 aromatic carbocycles. The van der Waals surface area contributed by atoms with Gasteiger partial charge in [0.1, 0.15) is 11.4 Å². The number of anilines is 1. The van der Waals surface area contributed by atoms with E-state index in [2.05, 4.69) is 10.1 Å². The largest absolute Gasteiger partial charge is 0.396 e. The van der Waals surface area contributed by atoms with Crippen LogP contribution in [0.3, 0.4) is 0 Å². The van der Waals surface area contributed by atoms with Crippen molar-refractivity contribution in [3.8, 4) is 11.5 Å². The molecule has 0 amide bonds. The molecule has 112 valence electrons. The third kappa shape index (κ3) is 2.51. The number of nitrogen functional groups attached to an aromatic ring is 1. The molecule has 0 radical (unpaired) electrons. The van der Waals surface area contributed by atoms with Crippen molar-refractivity contribution >= 4 is 5.69 Å². The summed E-state index contributed by atoms with van der Waals surface area (Å²) in [6.45, 7) is 0. The first-order valence-corrected chi connectivity index (χ1v) is 7.09. The maximum absolute atomic E-state index is 13.5. The fraction of sp³-hybridized carbons (Fsp3) is 0.467. The molecule has 1 aliphatic carbocycles. The molecule has 1 heterocycles. The lowest BCUT2D eigenvalue weighted by Gasteiger charge is -2.32. The van der Waals surface area contributed by atoms with Crippen molar-refractivity contribution in [1.82, 2.24) is 10.1 Å². The molecule has 0 bridgehead atoms. The highest BCUT2D eigenvalue weighted by atomic mass is 19.1. The molecule has 0 aliphatic heterocycles. The minimum Gasteiger partial charge on any atom is -0.396 e. The summed E-state index contributed by atoms with van der Waals surface area (Å²) in [4.78, 5) is 4.41. The molecule has 2 aromatic rings. The number of ether oxygens (including phenoxy) is 1. The Morgan fingerprint density at radius 1 is 1.29 bits per heavy atom. The molecule has 1 saturated carbocycles. The third-order valence-corrected chi connectivity index (χ3v) is 4.13. The van der Waals surface area contributed by atoms with Crippen LogP contribution in [0, 0.1) is 5.82 Å². The van der Waals surface area contributed by atoms with E-state index in [1.54, 1.807) is 13.2 Å². The fourth-order valence-electron chi connectivity index (χ4n) is 2.83. The SMILES string of the molecule is COC1(c2noc(-c3ccc(N)c(F)c3)n2)CCCCC1. The standard InChI is InChI=1S/C15H18FN3O2/c1-20-15(7-3-2-4-8-15)14-18-13(21-19-14)10-5-6-12(17)11(16)9-10/h5-6,9H,2-4,7-8,17H2,1H3. The molecule has 0 saturated heterocycles. The maximum Gasteiger partial charge on any atom is 0.258 e. The molecule has 21 heavy (non-hydrogen) atoms. The summed E-state index contributed by atoms with van der Waals surface area (Å²) in [7, 11) is 1.67. The summed E-state index contributed by atoms with van der Waals surface area (Å²) >= 11 is 0. The van der Waals surface area contributed by atoms with E-state index in [0.717, 1.165) is 25.7 Å². The Kier molecular flexibility index (Phi) is 3.63. The summed E-state index contributed by atoms with van der Waals surface area (Å²) in [5.41, 5.74) is 5.60. The summed E-state index contributed by atoms with van der Waals surface area (Å²) in [6.07, 6.45) is 5.10. The Hall–Kier alpha value is -1.95. The molecule has 1 aliphatic rings. The molecule has 3 rings (SSSR count). The van der Waals surface area contributed by atoms with Gasteiger partial charge in [-0.1, -0.05) is 24.4 Å². The van der Waals surface area contributed by atoms with Gasteiger partial charge in [-0.3, -0.25) is 0 Å². The van der Waals surface area contributed by atoms with Crippen LogP contribution in [0.25, 0.3) is 11.5 Å². The molecule has 1 fully saturated rings. The van der Waals surface area contributed by atoms with Crippen molar-refractivity contribution in [1.29, 1.82) is 0 Å². The van der Waals surface area contributed by atoms with Gasteiger partial charge in [-0.05, 0) is 31.0 Å². The van der Waals surface area contributed by atoms with Crippen molar-refractivity contribution in [3.63, 3.8) is 0 Å². The van der Waals surface area contributed by atoms with Crippen molar-refractivity contribution in [2.24, 2.45) is 0 Å². The molecule has 0 atom stereocenters. The minimum absolute atomic E-state index is 0.0964. The Bertz CT molecular complexity index is 636. The van der Waals surface area contributed by atoms with Gasteiger partial charge >= 0.3 is 0 Å². The van der Waals surface area contributed by atoms with Crippen molar-refractivity contribution in [2.45, 2.75) is 37.7 Å².